The molecular weight excluding hydrogens is 314 g/mol. The highest BCUT2D eigenvalue weighted by molar-refractivity contribution is 8.01. The van der Waals surface area contributed by atoms with Crippen molar-refractivity contribution in [2.24, 2.45) is 7.05 Å². The summed E-state index contributed by atoms with van der Waals surface area (Å²) in [5.74, 6) is -1.37. The van der Waals surface area contributed by atoms with Gasteiger partial charge in [0, 0.05) is 19.3 Å². The van der Waals surface area contributed by atoms with Crippen LogP contribution in [0.15, 0.2) is 22.7 Å². The van der Waals surface area contributed by atoms with Crippen LogP contribution >= 0.6 is 23.1 Å². The van der Waals surface area contributed by atoms with E-state index in [1.165, 1.54) is 6.08 Å². The number of thioether (sulfide) groups is 1. The van der Waals surface area contributed by atoms with Gasteiger partial charge in [-0.25, -0.2) is 0 Å². The number of hydrogen-bond donors (Lipinski definition) is 2. The Morgan fingerprint density at radius 2 is 2.33 bits per heavy atom. The number of hydrogen-bond acceptors (Lipinski definition) is 7. The highest BCUT2D eigenvalue weighted by Gasteiger charge is 2.08. The maximum absolute atomic E-state index is 11.7. The number of carbonyl (C=O) groups is 2. The lowest BCUT2D eigenvalue weighted by molar-refractivity contribution is -0.133. The molecule has 10 heteroatoms. The van der Waals surface area contributed by atoms with Crippen LogP contribution in [0.2, 0.25) is 0 Å². The van der Waals surface area contributed by atoms with Gasteiger partial charge in [0.25, 0.3) is 0 Å². The topological polar surface area (TPSA) is 110 Å². The van der Waals surface area contributed by atoms with Crippen LogP contribution in [-0.4, -0.2) is 42.7 Å². The van der Waals surface area contributed by atoms with E-state index in [-0.39, 0.29) is 11.7 Å². The summed E-state index contributed by atoms with van der Waals surface area (Å²) in [6, 6.07) is 1.77. The SMILES string of the molecule is Cn1nccc1/C=C/C(=O)Nc1nnc(SCC(=O)O)s1. The highest BCUT2D eigenvalue weighted by Crippen LogP contribution is 2.25. The number of carboxylic acid groups (broad SMARTS) is 1. The molecule has 0 aliphatic rings. The summed E-state index contributed by atoms with van der Waals surface area (Å²) in [4.78, 5) is 22.1. The lowest BCUT2D eigenvalue weighted by atomic mass is 10.3. The van der Waals surface area contributed by atoms with Crippen LogP contribution in [0, 0.1) is 0 Å². The van der Waals surface area contributed by atoms with Gasteiger partial charge in [0.1, 0.15) is 0 Å². The van der Waals surface area contributed by atoms with Crippen LogP contribution in [0.4, 0.5) is 5.13 Å². The first kappa shape index (κ1) is 15.2. The van der Waals surface area contributed by atoms with E-state index in [0.29, 0.717) is 9.47 Å². The average molecular weight is 325 g/mol. The molecule has 2 heterocycles. The van der Waals surface area contributed by atoms with Gasteiger partial charge >= 0.3 is 5.97 Å². The maximum atomic E-state index is 11.7. The number of rotatable bonds is 6. The lowest BCUT2D eigenvalue weighted by Crippen LogP contribution is -2.07. The number of nitrogens with zero attached hydrogens (tertiary/aromatic N) is 4. The van der Waals surface area contributed by atoms with Gasteiger partial charge in [0.15, 0.2) is 4.34 Å². The number of aliphatic carboxylic acids is 1. The molecule has 0 bridgehead atoms. The summed E-state index contributed by atoms with van der Waals surface area (Å²) in [5, 5.41) is 23.0. The van der Waals surface area contributed by atoms with Crippen LogP contribution in [0.1, 0.15) is 5.69 Å². The monoisotopic (exact) mass is 325 g/mol. The van der Waals surface area contributed by atoms with Crippen molar-refractivity contribution in [3.05, 3.63) is 24.0 Å². The highest BCUT2D eigenvalue weighted by atomic mass is 32.2. The second-order valence-electron chi connectivity index (χ2n) is 3.76. The van der Waals surface area contributed by atoms with Crippen molar-refractivity contribution in [2.45, 2.75) is 4.34 Å². The minimum atomic E-state index is -0.931. The third-order valence-corrected chi connectivity index (χ3v) is 4.18. The minimum Gasteiger partial charge on any atom is -0.481 e. The van der Waals surface area contributed by atoms with E-state index in [9.17, 15) is 9.59 Å². The summed E-state index contributed by atoms with van der Waals surface area (Å²) < 4.78 is 2.12. The fraction of sp³-hybridized carbons (Fsp3) is 0.182. The molecule has 1 amide bonds. The summed E-state index contributed by atoms with van der Waals surface area (Å²) in [5.41, 5.74) is 0.792. The molecule has 0 unspecified atom stereocenters. The van der Waals surface area contributed by atoms with Crippen molar-refractivity contribution in [2.75, 3.05) is 11.1 Å². The van der Waals surface area contributed by atoms with Crippen LogP contribution in [0.25, 0.3) is 6.08 Å². The fourth-order valence-electron chi connectivity index (χ4n) is 1.30. The molecular formula is C11H11N5O3S2. The van der Waals surface area contributed by atoms with Gasteiger partial charge in [0.05, 0.1) is 11.4 Å². The van der Waals surface area contributed by atoms with Gasteiger partial charge in [-0.1, -0.05) is 23.1 Å². The van der Waals surface area contributed by atoms with Crippen LogP contribution in [0.5, 0.6) is 0 Å². The number of aromatic nitrogens is 4. The predicted molar refractivity (Wildman–Crippen MR) is 79.1 cm³/mol. The van der Waals surface area contributed by atoms with Gasteiger partial charge in [-0.2, -0.15) is 5.10 Å². The van der Waals surface area contributed by atoms with Crippen LogP contribution < -0.4 is 5.32 Å². The molecule has 0 fully saturated rings. The molecule has 110 valence electrons. The van der Waals surface area contributed by atoms with Gasteiger partial charge in [-0.15, -0.1) is 10.2 Å². The zero-order valence-corrected chi connectivity index (χ0v) is 12.5. The minimum absolute atomic E-state index is 0.0943. The quantitative estimate of drug-likeness (QED) is 0.465. The van der Waals surface area contributed by atoms with E-state index < -0.39 is 5.97 Å². The normalized spacial score (nSPS) is 10.9. The lowest BCUT2D eigenvalue weighted by Gasteiger charge is -1.95. The largest absolute Gasteiger partial charge is 0.481 e. The molecule has 0 saturated carbocycles. The van der Waals surface area contributed by atoms with E-state index in [0.717, 1.165) is 28.8 Å². The Bertz CT molecular complexity index is 679. The Hall–Kier alpha value is -2.20. The summed E-state index contributed by atoms with van der Waals surface area (Å²) in [7, 11) is 1.77. The molecule has 0 saturated heterocycles. The number of carbonyl (C=O) groups excluding carboxylic acids is 1. The predicted octanol–water partition coefficient (Wildman–Crippen LogP) is 1.10. The number of amides is 1. The molecule has 2 aromatic heterocycles. The molecule has 0 aliphatic carbocycles. The first-order valence-corrected chi connectivity index (χ1v) is 7.50. The zero-order chi connectivity index (χ0) is 15.2. The summed E-state index contributed by atoms with van der Waals surface area (Å²) in [6.45, 7) is 0. The van der Waals surface area contributed by atoms with Crippen molar-refractivity contribution < 1.29 is 14.7 Å². The molecule has 0 aromatic carbocycles. The van der Waals surface area contributed by atoms with Crippen LogP contribution in [0.3, 0.4) is 0 Å². The Morgan fingerprint density at radius 3 is 3.00 bits per heavy atom. The zero-order valence-electron chi connectivity index (χ0n) is 10.9. The Kier molecular flexibility index (Phi) is 5.06. The van der Waals surface area contributed by atoms with Gasteiger partial charge in [0.2, 0.25) is 11.0 Å². The van der Waals surface area contributed by atoms with Crippen LogP contribution in [-0.2, 0) is 16.6 Å². The average Bonchev–Trinajstić information content (AvgIpc) is 3.03. The fourth-order valence-corrected chi connectivity index (χ4v) is 2.77. The molecule has 0 aliphatic heterocycles. The van der Waals surface area contributed by atoms with Crippen molar-refractivity contribution in [3.8, 4) is 0 Å². The van der Waals surface area contributed by atoms with Gasteiger partial charge in [-0.05, 0) is 12.1 Å². The van der Waals surface area contributed by atoms with Gasteiger partial charge in [-0.3, -0.25) is 19.6 Å². The molecule has 2 N–H and O–H groups in total. The third-order valence-electron chi connectivity index (χ3n) is 2.22. The van der Waals surface area contributed by atoms with E-state index in [4.69, 9.17) is 5.11 Å². The van der Waals surface area contributed by atoms with Crippen molar-refractivity contribution in [1.82, 2.24) is 20.0 Å². The molecule has 2 rings (SSSR count). The second kappa shape index (κ2) is 6.99. The Labute approximate surface area is 127 Å². The molecule has 21 heavy (non-hydrogen) atoms. The summed E-state index contributed by atoms with van der Waals surface area (Å²) >= 11 is 2.18. The third kappa shape index (κ3) is 4.68. The Balaban J connectivity index is 1.89. The number of carboxylic acids is 1. The number of nitrogens with one attached hydrogen (secondary N) is 1. The van der Waals surface area contributed by atoms with E-state index >= 15 is 0 Å². The van der Waals surface area contributed by atoms with Gasteiger partial charge < -0.3 is 5.11 Å². The molecule has 0 radical (unpaired) electrons. The number of aryl methyl sites for hydroxylation is 1. The van der Waals surface area contributed by atoms with E-state index in [1.807, 2.05) is 0 Å². The Morgan fingerprint density at radius 1 is 1.52 bits per heavy atom. The molecule has 0 spiro atoms. The van der Waals surface area contributed by atoms with E-state index in [2.05, 4.69) is 20.6 Å². The maximum Gasteiger partial charge on any atom is 0.313 e. The first-order chi connectivity index (χ1) is 10.0. The second-order valence-corrected chi connectivity index (χ2v) is 5.96. The van der Waals surface area contributed by atoms with Crippen molar-refractivity contribution in [1.29, 1.82) is 0 Å². The van der Waals surface area contributed by atoms with Crippen molar-refractivity contribution >= 4 is 46.2 Å². The molecule has 2 aromatic rings. The molecule has 8 nitrogen and oxygen atoms in total. The smallest absolute Gasteiger partial charge is 0.313 e. The van der Waals surface area contributed by atoms with Crippen molar-refractivity contribution in [3.63, 3.8) is 0 Å². The van der Waals surface area contributed by atoms with E-state index in [1.54, 1.807) is 30.1 Å². The summed E-state index contributed by atoms with van der Waals surface area (Å²) in [6.07, 6.45) is 4.63. The molecule has 0 atom stereocenters. The standard InChI is InChI=1S/C11H11N5O3S2/c1-16-7(4-5-12-16)2-3-8(17)13-10-14-15-11(21-10)20-6-9(18)19/h2-5H,6H2,1H3,(H,18,19)(H,13,14,17)/b3-2+. The first-order valence-electron chi connectivity index (χ1n) is 5.70. The number of anilines is 1.